The molecule has 1 fully saturated rings. The quantitative estimate of drug-likeness (QED) is 0.524. The average molecular weight is 423 g/mol. The van der Waals surface area contributed by atoms with Crippen molar-refractivity contribution in [3.8, 4) is 0 Å². The molecule has 2 heterocycles. The largest absolute Gasteiger partial charge is 0.461 e. The van der Waals surface area contributed by atoms with Crippen molar-refractivity contribution in [1.29, 1.82) is 0 Å². The highest BCUT2D eigenvalue weighted by Gasteiger charge is 2.46. The molecule has 0 bridgehead atoms. The van der Waals surface area contributed by atoms with Gasteiger partial charge in [0.25, 0.3) is 0 Å². The second-order valence-corrected chi connectivity index (χ2v) is 8.24. The SMILES string of the molecule is CC(=O)OCC1=C(C(=O)OC(c2ccccc2)c2ccccc2)N2C(=O)CC2SC1. The number of benzene rings is 2. The van der Waals surface area contributed by atoms with Crippen LogP contribution < -0.4 is 0 Å². The molecule has 0 N–H and O–H groups in total. The van der Waals surface area contributed by atoms with Crippen LogP contribution in [-0.2, 0) is 23.9 Å². The zero-order chi connectivity index (χ0) is 21.1. The first-order chi connectivity index (χ1) is 14.5. The van der Waals surface area contributed by atoms with E-state index in [4.69, 9.17) is 9.47 Å². The fourth-order valence-electron chi connectivity index (χ4n) is 3.51. The van der Waals surface area contributed by atoms with E-state index < -0.39 is 18.0 Å². The number of fused-ring (bicyclic) bond motifs is 1. The van der Waals surface area contributed by atoms with Gasteiger partial charge in [0, 0.05) is 18.2 Å². The number of thioether (sulfide) groups is 1. The summed E-state index contributed by atoms with van der Waals surface area (Å²) in [5.41, 5.74) is 2.45. The predicted molar refractivity (Wildman–Crippen MR) is 112 cm³/mol. The van der Waals surface area contributed by atoms with Gasteiger partial charge in [0.15, 0.2) is 6.10 Å². The Morgan fingerprint density at radius 1 is 1.07 bits per heavy atom. The van der Waals surface area contributed by atoms with E-state index in [-0.39, 0.29) is 23.6 Å². The van der Waals surface area contributed by atoms with Gasteiger partial charge in [0.05, 0.1) is 11.8 Å². The summed E-state index contributed by atoms with van der Waals surface area (Å²) in [6.07, 6.45) is -0.227. The molecule has 1 saturated heterocycles. The highest BCUT2D eigenvalue weighted by molar-refractivity contribution is 8.00. The van der Waals surface area contributed by atoms with Crippen LogP contribution in [0.3, 0.4) is 0 Å². The van der Waals surface area contributed by atoms with Crippen molar-refractivity contribution in [1.82, 2.24) is 4.90 Å². The molecule has 0 radical (unpaired) electrons. The lowest BCUT2D eigenvalue weighted by Crippen LogP contribution is -2.54. The summed E-state index contributed by atoms with van der Waals surface area (Å²) in [6, 6.07) is 18.9. The molecular weight excluding hydrogens is 402 g/mol. The summed E-state index contributed by atoms with van der Waals surface area (Å²) >= 11 is 1.56. The average Bonchev–Trinajstić information content (AvgIpc) is 2.76. The van der Waals surface area contributed by atoms with E-state index in [9.17, 15) is 14.4 Å². The summed E-state index contributed by atoms with van der Waals surface area (Å²) < 4.78 is 11.1. The molecule has 154 valence electrons. The van der Waals surface area contributed by atoms with Crippen LogP contribution >= 0.6 is 11.8 Å². The number of nitrogens with zero attached hydrogens (tertiary/aromatic N) is 1. The minimum Gasteiger partial charge on any atom is -0.461 e. The third-order valence-corrected chi connectivity index (χ3v) is 6.28. The van der Waals surface area contributed by atoms with Crippen molar-refractivity contribution in [3.05, 3.63) is 83.1 Å². The number of β-lactam (4-membered cyclic amide) rings is 1. The van der Waals surface area contributed by atoms with Gasteiger partial charge in [-0.2, -0.15) is 0 Å². The Kier molecular flexibility index (Phi) is 5.90. The van der Waals surface area contributed by atoms with E-state index in [2.05, 4.69) is 0 Å². The predicted octanol–water partition coefficient (Wildman–Crippen LogP) is 3.44. The number of esters is 2. The van der Waals surface area contributed by atoms with Gasteiger partial charge in [-0.15, -0.1) is 11.8 Å². The normalized spacial score (nSPS) is 18.0. The molecule has 0 aromatic heterocycles. The molecule has 2 aromatic carbocycles. The second kappa shape index (κ2) is 8.75. The number of rotatable bonds is 6. The van der Waals surface area contributed by atoms with Gasteiger partial charge < -0.3 is 9.47 Å². The van der Waals surface area contributed by atoms with Crippen LogP contribution in [0.4, 0.5) is 0 Å². The molecule has 2 aromatic rings. The van der Waals surface area contributed by atoms with E-state index in [0.29, 0.717) is 17.7 Å². The van der Waals surface area contributed by atoms with Crippen molar-refractivity contribution >= 4 is 29.6 Å². The second-order valence-electron chi connectivity index (χ2n) is 7.07. The first-order valence-electron chi connectivity index (χ1n) is 9.64. The number of carbonyl (C=O) groups excluding carboxylic acids is 3. The molecule has 0 saturated carbocycles. The van der Waals surface area contributed by atoms with Gasteiger partial charge in [0.2, 0.25) is 5.91 Å². The molecule has 1 amide bonds. The molecule has 2 aliphatic rings. The zero-order valence-corrected chi connectivity index (χ0v) is 17.3. The standard InChI is InChI=1S/C23H21NO5S/c1-15(25)28-13-18-14-30-20-12-19(26)24(20)21(18)23(27)29-22(16-8-4-2-5-9-16)17-10-6-3-7-11-17/h2-11,20,22H,12-14H2,1H3. The molecule has 0 spiro atoms. The smallest absolute Gasteiger partial charge is 0.356 e. The number of ether oxygens (including phenoxy) is 2. The Morgan fingerprint density at radius 2 is 1.67 bits per heavy atom. The van der Waals surface area contributed by atoms with E-state index >= 15 is 0 Å². The molecule has 2 aliphatic heterocycles. The number of hydrogen-bond donors (Lipinski definition) is 0. The molecule has 30 heavy (non-hydrogen) atoms. The van der Waals surface area contributed by atoms with Crippen LogP contribution in [0.2, 0.25) is 0 Å². The molecular formula is C23H21NO5S. The Bertz CT molecular complexity index is 950. The third-order valence-electron chi connectivity index (χ3n) is 5.00. The fraction of sp³-hybridized carbons (Fsp3) is 0.261. The zero-order valence-electron chi connectivity index (χ0n) is 16.4. The number of hydrogen-bond acceptors (Lipinski definition) is 6. The molecule has 4 rings (SSSR count). The van der Waals surface area contributed by atoms with Crippen LogP contribution in [0, 0.1) is 0 Å². The Morgan fingerprint density at radius 3 is 2.20 bits per heavy atom. The summed E-state index contributed by atoms with van der Waals surface area (Å²) in [4.78, 5) is 38.3. The van der Waals surface area contributed by atoms with Crippen LogP contribution in [-0.4, -0.2) is 40.5 Å². The third kappa shape index (κ3) is 4.11. The maximum Gasteiger partial charge on any atom is 0.356 e. The summed E-state index contributed by atoms with van der Waals surface area (Å²) in [7, 11) is 0. The van der Waals surface area contributed by atoms with Crippen LogP contribution in [0.15, 0.2) is 71.9 Å². The summed E-state index contributed by atoms with van der Waals surface area (Å²) in [6.45, 7) is 1.28. The van der Waals surface area contributed by atoms with Gasteiger partial charge >= 0.3 is 11.9 Å². The summed E-state index contributed by atoms with van der Waals surface area (Å²) in [5.74, 6) is -0.652. The Balaban J connectivity index is 1.67. The lowest BCUT2D eigenvalue weighted by atomic mass is 10.0. The van der Waals surface area contributed by atoms with Crippen molar-refractivity contribution in [2.45, 2.75) is 24.8 Å². The van der Waals surface area contributed by atoms with Crippen molar-refractivity contribution < 1.29 is 23.9 Å². The Labute approximate surface area is 178 Å². The van der Waals surface area contributed by atoms with Crippen LogP contribution in [0.5, 0.6) is 0 Å². The highest BCUT2D eigenvalue weighted by Crippen LogP contribution is 2.41. The number of amides is 1. The van der Waals surface area contributed by atoms with E-state index in [1.54, 1.807) is 11.8 Å². The van der Waals surface area contributed by atoms with Gasteiger partial charge in [-0.1, -0.05) is 60.7 Å². The molecule has 0 aliphatic carbocycles. The highest BCUT2D eigenvalue weighted by atomic mass is 32.2. The van der Waals surface area contributed by atoms with E-state index in [1.165, 1.54) is 11.8 Å². The lowest BCUT2D eigenvalue weighted by Gasteiger charge is -2.44. The summed E-state index contributed by atoms with van der Waals surface area (Å²) in [5, 5.41) is -0.0759. The van der Waals surface area contributed by atoms with E-state index in [0.717, 1.165) is 11.1 Å². The lowest BCUT2D eigenvalue weighted by molar-refractivity contribution is -0.152. The maximum atomic E-state index is 13.3. The van der Waals surface area contributed by atoms with Crippen LogP contribution in [0.1, 0.15) is 30.6 Å². The van der Waals surface area contributed by atoms with Gasteiger partial charge in [-0.3, -0.25) is 14.5 Å². The molecule has 6 nitrogen and oxygen atoms in total. The molecule has 1 atom stereocenters. The van der Waals surface area contributed by atoms with Crippen molar-refractivity contribution in [2.24, 2.45) is 0 Å². The van der Waals surface area contributed by atoms with Gasteiger partial charge in [-0.05, 0) is 11.1 Å². The minimum atomic E-state index is -0.619. The van der Waals surface area contributed by atoms with Crippen molar-refractivity contribution in [3.63, 3.8) is 0 Å². The van der Waals surface area contributed by atoms with Crippen molar-refractivity contribution in [2.75, 3.05) is 12.4 Å². The maximum absolute atomic E-state index is 13.3. The number of carbonyl (C=O) groups is 3. The minimum absolute atomic E-state index is 0.0371. The van der Waals surface area contributed by atoms with Gasteiger partial charge in [-0.25, -0.2) is 4.79 Å². The first kappa shape index (κ1) is 20.2. The molecule has 7 heteroatoms. The van der Waals surface area contributed by atoms with Gasteiger partial charge in [0.1, 0.15) is 12.3 Å². The first-order valence-corrected chi connectivity index (χ1v) is 10.7. The topological polar surface area (TPSA) is 72.9 Å². The van der Waals surface area contributed by atoms with Crippen LogP contribution in [0.25, 0.3) is 0 Å². The fourth-order valence-corrected chi connectivity index (χ4v) is 4.76. The van der Waals surface area contributed by atoms with E-state index in [1.807, 2.05) is 60.7 Å². The Hall–Kier alpha value is -3.06. The monoisotopic (exact) mass is 423 g/mol. The molecule has 1 unspecified atom stereocenters.